The highest BCUT2D eigenvalue weighted by Gasteiger charge is 2.68. The lowest BCUT2D eigenvalue weighted by molar-refractivity contribution is -0.202. The van der Waals surface area contributed by atoms with E-state index in [4.69, 9.17) is 0 Å². The minimum absolute atomic E-state index is 0.00581. The van der Waals surface area contributed by atoms with E-state index in [1.807, 2.05) is 0 Å². The Balaban J connectivity index is 1.59. The first-order valence-corrected chi connectivity index (χ1v) is 13.6. The maximum absolute atomic E-state index is 12.6. The van der Waals surface area contributed by atoms with Crippen LogP contribution in [0.3, 0.4) is 0 Å². The number of aliphatic hydroxyl groups is 1. The van der Waals surface area contributed by atoms with Crippen LogP contribution in [0, 0.1) is 50.2 Å². The van der Waals surface area contributed by atoms with Crippen molar-refractivity contribution in [2.45, 2.75) is 119 Å². The number of hydrogen-bond acceptors (Lipinski definition) is 2. The highest BCUT2D eigenvalue weighted by atomic mass is 16.3. The second kappa shape index (κ2) is 6.73. The molecule has 0 saturated heterocycles. The molecule has 0 radical (unpaired) electrons. The summed E-state index contributed by atoms with van der Waals surface area (Å²) in [6.07, 6.45) is 15.4. The van der Waals surface area contributed by atoms with Gasteiger partial charge < -0.3 is 9.90 Å². The standard InChI is InChI=1S/C30H48O2/c1-25(2)14-16-30(19-31)17-15-28(6)20(21(30)18-25)8-9-23-27(5)12-11-24(32)26(3,4)22(27)10-13-29(23,28)7/h8,19,21-24,32H,9-18H2,1-7H3/t21-,22?,23?,24-,27-,28-,29+,30+/m0/s1. The van der Waals surface area contributed by atoms with Crippen molar-refractivity contribution in [2.75, 3.05) is 0 Å². The fourth-order valence-electron chi connectivity index (χ4n) is 10.5. The van der Waals surface area contributed by atoms with Gasteiger partial charge in [-0.15, -0.1) is 0 Å². The largest absolute Gasteiger partial charge is 0.393 e. The van der Waals surface area contributed by atoms with Gasteiger partial charge in [0.05, 0.1) is 6.10 Å². The Morgan fingerprint density at radius 1 is 0.875 bits per heavy atom. The van der Waals surface area contributed by atoms with E-state index in [0.717, 1.165) is 25.7 Å². The lowest BCUT2D eigenvalue weighted by atomic mass is 9.33. The van der Waals surface area contributed by atoms with Crippen LogP contribution in [0.5, 0.6) is 0 Å². The van der Waals surface area contributed by atoms with Gasteiger partial charge in [0.25, 0.3) is 0 Å². The Kier molecular flexibility index (Phi) is 4.87. The van der Waals surface area contributed by atoms with Gasteiger partial charge in [0.2, 0.25) is 0 Å². The summed E-state index contributed by atoms with van der Waals surface area (Å²) in [5.41, 5.74) is 2.69. The van der Waals surface area contributed by atoms with Crippen LogP contribution < -0.4 is 0 Å². The first-order chi connectivity index (χ1) is 14.8. The van der Waals surface area contributed by atoms with E-state index in [-0.39, 0.29) is 27.8 Å². The van der Waals surface area contributed by atoms with Crippen LogP contribution in [0.25, 0.3) is 0 Å². The van der Waals surface area contributed by atoms with Gasteiger partial charge >= 0.3 is 0 Å². The molecule has 32 heavy (non-hydrogen) atoms. The van der Waals surface area contributed by atoms with Crippen LogP contribution in [-0.4, -0.2) is 17.5 Å². The normalized spacial score (nSPS) is 53.7. The molecule has 2 heteroatoms. The summed E-state index contributed by atoms with van der Waals surface area (Å²) >= 11 is 0. The molecule has 5 aliphatic carbocycles. The quantitative estimate of drug-likeness (QED) is 0.342. The minimum Gasteiger partial charge on any atom is -0.393 e. The highest BCUT2D eigenvalue weighted by molar-refractivity contribution is 5.63. The van der Waals surface area contributed by atoms with Crippen LogP contribution in [-0.2, 0) is 4.79 Å². The topological polar surface area (TPSA) is 37.3 Å². The van der Waals surface area contributed by atoms with Crippen LogP contribution in [0.2, 0.25) is 0 Å². The number of aldehydes is 1. The number of carbonyl (C=O) groups excluding carboxylic acids is 1. The van der Waals surface area contributed by atoms with Gasteiger partial charge in [-0.1, -0.05) is 60.1 Å². The number of aliphatic hydroxyl groups excluding tert-OH is 1. The smallest absolute Gasteiger partial charge is 0.126 e. The van der Waals surface area contributed by atoms with Gasteiger partial charge in [-0.2, -0.15) is 0 Å². The van der Waals surface area contributed by atoms with Gasteiger partial charge in [-0.25, -0.2) is 0 Å². The Morgan fingerprint density at radius 3 is 2.25 bits per heavy atom. The maximum atomic E-state index is 12.6. The zero-order valence-corrected chi connectivity index (χ0v) is 21.9. The molecule has 0 spiro atoms. The van der Waals surface area contributed by atoms with E-state index >= 15 is 0 Å². The summed E-state index contributed by atoms with van der Waals surface area (Å²) in [5.74, 6) is 1.71. The Labute approximate surface area is 197 Å². The second-order valence-electron chi connectivity index (χ2n) is 14.9. The van der Waals surface area contributed by atoms with E-state index in [1.54, 1.807) is 5.57 Å². The zero-order valence-electron chi connectivity index (χ0n) is 21.9. The molecule has 0 heterocycles. The van der Waals surface area contributed by atoms with E-state index in [1.165, 1.54) is 44.8 Å². The van der Waals surface area contributed by atoms with Crippen molar-refractivity contribution in [2.24, 2.45) is 50.2 Å². The fourth-order valence-corrected chi connectivity index (χ4v) is 10.5. The molecule has 2 unspecified atom stereocenters. The molecule has 0 aromatic heterocycles. The van der Waals surface area contributed by atoms with Crippen LogP contribution in [0.15, 0.2) is 11.6 Å². The SMILES string of the molecule is CC1(C)CC[C@]2(C=O)CC[C@@]3(C)C(=CCC4[C@@]5(C)CC[C@H](O)C(C)(C)C5CC[C@]43C)[C@@H]2C1. The van der Waals surface area contributed by atoms with Crippen molar-refractivity contribution in [1.82, 2.24) is 0 Å². The second-order valence-corrected chi connectivity index (χ2v) is 14.9. The average Bonchev–Trinajstić information content (AvgIpc) is 2.71. The number of carbonyl (C=O) groups is 1. The number of hydrogen-bond donors (Lipinski definition) is 1. The van der Waals surface area contributed by atoms with Crippen LogP contribution in [0.1, 0.15) is 113 Å². The molecule has 8 atom stereocenters. The van der Waals surface area contributed by atoms with E-state index in [9.17, 15) is 9.90 Å². The van der Waals surface area contributed by atoms with Gasteiger partial charge in [0, 0.05) is 5.41 Å². The molecule has 4 fully saturated rings. The third kappa shape index (κ3) is 2.71. The molecular weight excluding hydrogens is 392 g/mol. The molecule has 0 amide bonds. The fraction of sp³-hybridized carbons (Fsp3) is 0.900. The van der Waals surface area contributed by atoms with Crippen molar-refractivity contribution in [1.29, 1.82) is 0 Å². The summed E-state index contributed by atoms with van der Waals surface area (Å²) < 4.78 is 0. The third-order valence-corrected chi connectivity index (χ3v) is 12.9. The van der Waals surface area contributed by atoms with Crippen molar-refractivity contribution < 1.29 is 9.90 Å². The van der Waals surface area contributed by atoms with Crippen molar-refractivity contribution in [3.05, 3.63) is 11.6 Å². The van der Waals surface area contributed by atoms with E-state index < -0.39 is 0 Å². The van der Waals surface area contributed by atoms with Crippen molar-refractivity contribution in [3.63, 3.8) is 0 Å². The van der Waals surface area contributed by atoms with Crippen LogP contribution in [0.4, 0.5) is 0 Å². The third-order valence-electron chi connectivity index (χ3n) is 12.9. The molecule has 0 bridgehead atoms. The first kappa shape index (κ1) is 23.1. The highest BCUT2D eigenvalue weighted by Crippen LogP contribution is 2.75. The van der Waals surface area contributed by atoms with Gasteiger partial charge in [-0.05, 0) is 109 Å². The lowest BCUT2D eigenvalue weighted by Crippen LogP contribution is -2.64. The Morgan fingerprint density at radius 2 is 1.56 bits per heavy atom. The number of fused-ring (bicyclic) bond motifs is 7. The predicted molar refractivity (Wildman–Crippen MR) is 131 cm³/mol. The first-order valence-electron chi connectivity index (χ1n) is 13.6. The van der Waals surface area contributed by atoms with Crippen molar-refractivity contribution >= 4 is 6.29 Å². The molecule has 0 aromatic rings. The molecule has 180 valence electrons. The molecule has 2 nitrogen and oxygen atoms in total. The Hall–Kier alpha value is -0.630. The minimum atomic E-state index is -0.164. The van der Waals surface area contributed by atoms with Gasteiger partial charge in [-0.3, -0.25) is 0 Å². The van der Waals surface area contributed by atoms with E-state index in [0.29, 0.717) is 28.6 Å². The van der Waals surface area contributed by atoms with Crippen molar-refractivity contribution in [3.8, 4) is 0 Å². The molecule has 0 aromatic carbocycles. The monoisotopic (exact) mass is 440 g/mol. The van der Waals surface area contributed by atoms with Crippen LogP contribution >= 0.6 is 0 Å². The summed E-state index contributed by atoms with van der Waals surface area (Å²) in [6.45, 7) is 17.3. The molecule has 5 aliphatic rings. The summed E-state index contributed by atoms with van der Waals surface area (Å²) in [7, 11) is 0. The van der Waals surface area contributed by atoms with E-state index in [2.05, 4.69) is 54.5 Å². The average molecular weight is 441 g/mol. The lowest BCUT2D eigenvalue weighted by Gasteiger charge is -2.71. The molecule has 1 N–H and O–H groups in total. The van der Waals surface area contributed by atoms with Gasteiger partial charge in [0.15, 0.2) is 0 Å². The summed E-state index contributed by atoms with van der Waals surface area (Å²) in [6, 6.07) is 0. The maximum Gasteiger partial charge on any atom is 0.126 e. The Bertz CT molecular complexity index is 838. The summed E-state index contributed by atoms with van der Waals surface area (Å²) in [5, 5.41) is 10.9. The molecule has 5 rings (SSSR count). The predicted octanol–water partition coefficient (Wildman–Crippen LogP) is 7.35. The summed E-state index contributed by atoms with van der Waals surface area (Å²) in [4.78, 5) is 12.6. The number of allylic oxidation sites excluding steroid dienone is 2. The molecule has 4 saturated carbocycles. The zero-order chi connectivity index (χ0) is 23.4. The van der Waals surface area contributed by atoms with Gasteiger partial charge in [0.1, 0.15) is 6.29 Å². The number of rotatable bonds is 1. The molecular formula is C30H48O2. The molecule has 0 aliphatic heterocycles.